The molecule has 0 saturated carbocycles. The average Bonchev–Trinajstić information content (AvgIpc) is 3.12. The Morgan fingerprint density at radius 3 is 2.83 bits per heavy atom. The van der Waals surface area contributed by atoms with Gasteiger partial charge in [0.1, 0.15) is 12.4 Å². The molecule has 130 valence electrons. The molecule has 2 aromatic heterocycles. The van der Waals surface area contributed by atoms with E-state index < -0.39 is 0 Å². The van der Waals surface area contributed by atoms with Crippen molar-refractivity contribution < 1.29 is 0 Å². The molecule has 7 nitrogen and oxygen atoms in total. The smallest absolute Gasteiger partial charge is 0.194 e. The molecule has 0 amide bonds. The van der Waals surface area contributed by atoms with E-state index in [9.17, 15) is 0 Å². The maximum Gasteiger partial charge on any atom is 0.194 e. The number of thiazole rings is 1. The Morgan fingerprint density at radius 2 is 2.25 bits per heavy atom. The van der Waals surface area contributed by atoms with Crippen LogP contribution in [0.5, 0.6) is 0 Å². The molecule has 0 aromatic carbocycles. The summed E-state index contributed by atoms with van der Waals surface area (Å²) in [6.07, 6.45) is 4.63. The molecule has 0 atom stereocenters. The Bertz CT molecular complexity index is 701. The molecule has 0 aliphatic rings. The summed E-state index contributed by atoms with van der Waals surface area (Å²) in [5.41, 5.74) is 0. The van der Waals surface area contributed by atoms with Crippen LogP contribution in [0.1, 0.15) is 21.5 Å². The van der Waals surface area contributed by atoms with Gasteiger partial charge in [-0.3, -0.25) is 0 Å². The number of aliphatic imine (C=N–C) groups is 1. The van der Waals surface area contributed by atoms with Gasteiger partial charge in [0, 0.05) is 44.7 Å². The first-order valence-electron chi connectivity index (χ1n) is 7.87. The van der Waals surface area contributed by atoms with Gasteiger partial charge in [0.2, 0.25) is 0 Å². The zero-order chi connectivity index (χ0) is 17.5. The second-order valence-electron chi connectivity index (χ2n) is 5.57. The predicted octanol–water partition coefficient (Wildman–Crippen LogP) is 1.69. The van der Waals surface area contributed by atoms with Crippen molar-refractivity contribution in [1.82, 2.24) is 30.0 Å². The van der Waals surface area contributed by atoms with Crippen LogP contribution >= 0.6 is 11.3 Å². The van der Waals surface area contributed by atoms with E-state index in [1.807, 2.05) is 37.9 Å². The molecule has 0 unspecified atom stereocenters. The number of rotatable bonds is 7. The lowest BCUT2D eigenvalue weighted by Crippen LogP contribution is -2.40. The zero-order valence-electron chi connectivity index (χ0n) is 14.8. The molecule has 2 aromatic rings. The highest BCUT2D eigenvalue weighted by Gasteiger charge is 2.09. The van der Waals surface area contributed by atoms with Crippen LogP contribution in [0.4, 0.5) is 0 Å². The Balaban J connectivity index is 2.01. The van der Waals surface area contributed by atoms with Gasteiger partial charge in [0.15, 0.2) is 11.8 Å². The van der Waals surface area contributed by atoms with Crippen LogP contribution in [-0.2, 0) is 20.0 Å². The van der Waals surface area contributed by atoms with Gasteiger partial charge in [-0.25, -0.2) is 9.98 Å². The van der Waals surface area contributed by atoms with Gasteiger partial charge in [-0.15, -0.1) is 28.1 Å². The number of aromatic nitrogens is 4. The monoisotopic (exact) mass is 347 g/mol. The number of hydrogen-bond donors (Lipinski definition) is 1. The van der Waals surface area contributed by atoms with Crippen molar-refractivity contribution in [3.8, 4) is 0 Å². The first kappa shape index (κ1) is 18.1. The molecular formula is C16H25N7S. The quantitative estimate of drug-likeness (QED) is 0.469. The maximum absolute atomic E-state index is 4.67. The molecular weight excluding hydrogens is 322 g/mol. The fourth-order valence-electron chi connectivity index (χ4n) is 2.10. The SMILES string of the molecule is C=CCNC(=NCc1nnc(C)n1C)N(C)CCc1ncc(C)s1. The summed E-state index contributed by atoms with van der Waals surface area (Å²) in [6, 6.07) is 0. The van der Waals surface area contributed by atoms with Crippen molar-refractivity contribution in [3.63, 3.8) is 0 Å². The van der Waals surface area contributed by atoms with Crippen LogP contribution < -0.4 is 5.32 Å². The molecule has 0 radical (unpaired) electrons. The second kappa shape index (κ2) is 8.58. The minimum absolute atomic E-state index is 0.484. The van der Waals surface area contributed by atoms with E-state index >= 15 is 0 Å². The highest BCUT2D eigenvalue weighted by molar-refractivity contribution is 7.11. The minimum atomic E-state index is 0.484. The average molecular weight is 347 g/mol. The summed E-state index contributed by atoms with van der Waals surface area (Å²) >= 11 is 1.74. The molecule has 0 bridgehead atoms. The lowest BCUT2D eigenvalue weighted by atomic mass is 10.4. The van der Waals surface area contributed by atoms with Crippen molar-refractivity contribution in [2.45, 2.75) is 26.8 Å². The van der Waals surface area contributed by atoms with E-state index in [1.165, 1.54) is 4.88 Å². The number of likely N-dealkylation sites (N-methyl/N-ethyl adjacent to an activating group) is 1. The first-order valence-corrected chi connectivity index (χ1v) is 8.69. The molecule has 0 saturated heterocycles. The van der Waals surface area contributed by atoms with Gasteiger partial charge in [-0.05, 0) is 13.8 Å². The highest BCUT2D eigenvalue weighted by Crippen LogP contribution is 2.12. The molecule has 1 N–H and O–H groups in total. The Kier molecular flexibility index (Phi) is 6.48. The maximum atomic E-state index is 4.67. The van der Waals surface area contributed by atoms with E-state index in [2.05, 4.69) is 43.9 Å². The van der Waals surface area contributed by atoms with Crippen LogP contribution in [-0.4, -0.2) is 50.7 Å². The van der Waals surface area contributed by atoms with E-state index in [1.54, 1.807) is 11.3 Å². The van der Waals surface area contributed by atoms with Gasteiger partial charge >= 0.3 is 0 Å². The fraction of sp³-hybridized carbons (Fsp3) is 0.500. The Morgan fingerprint density at radius 1 is 1.46 bits per heavy atom. The third kappa shape index (κ3) is 4.89. The van der Waals surface area contributed by atoms with Crippen LogP contribution in [0.2, 0.25) is 0 Å². The van der Waals surface area contributed by atoms with Crippen molar-refractivity contribution in [2.75, 3.05) is 20.1 Å². The predicted molar refractivity (Wildman–Crippen MR) is 98.3 cm³/mol. The van der Waals surface area contributed by atoms with Gasteiger partial charge in [0.25, 0.3) is 0 Å². The molecule has 0 spiro atoms. The summed E-state index contributed by atoms with van der Waals surface area (Å²) < 4.78 is 1.95. The second-order valence-corrected chi connectivity index (χ2v) is 6.89. The van der Waals surface area contributed by atoms with Crippen molar-refractivity contribution >= 4 is 17.3 Å². The topological polar surface area (TPSA) is 71.2 Å². The third-order valence-corrected chi connectivity index (χ3v) is 4.62. The van der Waals surface area contributed by atoms with Crippen LogP contribution in [0.15, 0.2) is 23.8 Å². The van der Waals surface area contributed by atoms with Crippen molar-refractivity contribution in [3.05, 3.63) is 40.4 Å². The van der Waals surface area contributed by atoms with E-state index in [0.29, 0.717) is 13.1 Å². The van der Waals surface area contributed by atoms with Crippen molar-refractivity contribution in [1.29, 1.82) is 0 Å². The van der Waals surface area contributed by atoms with Crippen LogP contribution in [0.25, 0.3) is 0 Å². The molecule has 24 heavy (non-hydrogen) atoms. The number of nitrogens with zero attached hydrogens (tertiary/aromatic N) is 6. The first-order chi connectivity index (χ1) is 11.5. The van der Waals surface area contributed by atoms with Gasteiger partial charge in [-0.1, -0.05) is 6.08 Å². The molecule has 8 heteroatoms. The normalized spacial score (nSPS) is 11.6. The molecule has 2 rings (SSSR count). The standard InChI is InChI=1S/C16H25N7S/c1-6-8-17-16(19-11-14-21-20-13(3)23(14)5)22(4)9-7-15-18-10-12(2)24-15/h6,10H,1,7-9,11H2,2-5H3,(H,17,19). The summed E-state index contributed by atoms with van der Waals surface area (Å²) in [5.74, 6) is 2.55. The lowest BCUT2D eigenvalue weighted by molar-refractivity contribution is 0.485. The molecule has 0 aliphatic heterocycles. The van der Waals surface area contributed by atoms with E-state index in [-0.39, 0.29) is 0 Å². The number of hydrogen-bond acceptors (Lipinski definition) is 5. The van der Waals surface area contributed by atoms with Crippen molar-refractivity contribution in [2.24, 2.45) is 12.0 Å². The Hall–Kier alpha value is -2.22. The molecule has 2 heterocycles. The lowest BCUT2D eigenvalue weighted by Gasteiger charge is -2.21. The van der Waals surface area contributed by atoms with E-state index in [4.69, 9.17) is 0 Å². The highest BCUT2D eigenvalue weighted by atomic mass is 32.1. The number of nitrogens with one attached hydrogen (secondary N) is 1. The van der Waals surface area contributed by atoms with E-state index in [0.717, 1.165) is 35.6 Å². The van der Waals surface area contributed by atoms with Gasteiger partial charge in [-0.2, -0.15) is 0 Å². The molecule has 0 aliphatic carbocycles. The summed E-state index contributed by atoms with van der Waals surface area (Å²) in [7, 11) is 3.98. The van der Waals surface area contributed by atoms with Crippen LogP contribution in [0.3, 0.4) is 0 Å². The number of aryl methyl sites for hydroxylation is 2. The fourth-order valence-corrected chi connectivity index (χ4v) is 2.87. The minimum Gasteiger partial charge on any atom is -0.353 e. The third-order valence-electron chi connectivity index (χ3n) is 3.65. The summed E-state index contributed by atoms with van der Waals surface area (Å²) in [6.45, 7) is 9.75. The molecule has 0 fully saturated rings. The summed E-state index contributed by atoms with van der Waals surface area (Å²) in [5, 5.41) is 12.7. The number of guanidine groups is 1. The Labute approximate surface area is 147 Å². The summed E-state index contributed by atoms with van der Waals surface area (Å²) in [4.78, 5) is 12.4. The van der Waals surface area contributed by atoms with Gasteiger partial charge in [0.05, 0.1) is 5.01 Å². The zero-order valence-corrected chi connectivity index (χ0v) is 15.6. The largest absolute Gasteiger partial charge is 0.353 e. The van der Waals surface area contributed by atoms with Gasteiger partial charge < -0.3 is 14.8 Å². The van der Waals surface area contributed by atoms with Crippen LogP contribution in [0, 0.1) is 13.8 Å².